The van der Waals surface area contributed by atoms with Crippen molar-refractivity contribution in [3.8, 4) is 0 Å². The van der Waals surface area contributed by atoms with E-state index in [0.717, 1.165) is 6.42 Å². The molecule has 1 heteroatoms. The first-order valence-electron chi connectivity index (χ1n) is 3.71. The molecule has 0 nitrogen and oxygen atoms in total. The molecule has 0 amide bonds. The van der Waals surface area contributed by atoms with Crippen LogP contribution in [0, 0.1) is 0 Å². The SMILES string of the molecule is ICC/C=C/c1ccccc1. The second kappa shape index (κ2) is 5.35. The highest BCUT2D eigenvalue weighted by atomic mass is 127. The lowest BCUT2D eigenvalue weighted by Gasteiger charge is -1.89. The molecule has 1 aromatic carbocycles. The van der Waals surface area contributed by atoms with Gasteiger partial charge in [0.25, 0.3) is 0 Å². The molecule has 0 unspecified atom stereocenters. The van der Waals surface area contributed by atoms with Crippen molar-refractivity contribution in [3.05, 3.63) is 42.0 Å². The summed E-state index contributed by atoms with van der Waals surface area (Å²) >= 11 is 2.38. The number of allylic oxidation sites excluding steroid dienone is 1. The van der Waals surface area contributed by atoms with Crippen LogP contribution in [0.5, 0.6) is 0 Å². The summed E-state index contributed by atoms with van der Waals surface area (Å²) in [6, 6.07) is 10.4. The van der Waals surface area contributed by atoms with Gasteiger partial charge in [-0.2, -0.15) is 0 Å². The van der Waals surface area contributed by atoms with Gasteiger partial charge in [0.15, 0.2) is 0 Å². The lowest BCUT2D eigenvalue weighted by molar-refractivity contribution is 1.29. The molecule has 0 radical (unpaired) electrons. The second-order valence-electron chi connectivity index (χ2n) is 2.29. The van der Waals surface area contributed by atoms with Gasteiger partial charge in [-0.15, -0.1) is 0 Å². The summed E-state index contributed by atoms with van der Waals surface area (Å²) in [5.41, 5.74) is 1.29. The largest absolute Gasteiger partial charge is 0.0860 e. The van der Waals surface area contributed by atoms with Gasteiger partial charge in [0.05, 0.1) is 0 Å². The maximum atomic E-state index is 2.38. The zero-order chi connectivity index (χ0) is 7.94. The Balaban J connectivity index is 2.50. The summed E-state index contributed by atoms with van der Waals surface area (Å²) in [4.78, 5) is 0. The Morgan fingerprint density at radius 3 is 2.55 bits per heavy atom. The summed E-state index contributed by atoms with van der Waals surface area (Å²) < 4.78 is 1.20. The predicted octanol–water partition coefficient (Wildman–Crippen LogP) is 3.52. The molecule has 0 aromatic heterocycles. The van der Waals surface area contributed by atoms with Crippen molar-refractivity contribution in [2.75, 3.05) is 4.43 Å². The smallest absolute Gasteiger partial charge is 0.00300 e. The Bertz CT molecular complexity index is 214. The highest BCUT2D eigenvalue weighted by Gasteiger charge is 1.80. The fourth-order valence-corrected chi connectivity index (χ4v) is 1.21. The summed E-state index contributed by atoms with van der Waals surface area (Å²) in [5, 5.41) is 0. The van der Waals surface area contributed by atoms with Gasteiger partial charge in [-0.3, -0.25) is 0 Å². The summed E-state index contributed by atoms with van der Waals surface area (Å²) in [6.07, 6.45) is 5.54. The van der Waals surface area contributed by atoms with E-state index in [4.69, 9.17) is 0 Å². The van der Waals surface area contributed by atoms with E-state index in [1.165, 1.54) is 9.99 Å². The third-order valence-corrected chi connectivity index (χ3v) is 2.01. The van der Waals surface area contributed by atoms with Crippen molar-refractivity contribution in [2.24, 2.45) is 0 Å². The van der Waals surface area contributed by atoms with Crippen molar-refractivity contribution < 1.29 is 0 Å². The van der Waals surface area contributed by atoms with Crippen LogP contribution in [0.15, 0.2) is 36.4 Å². The highest BCUT2D eigenvalue weighted by Crippen LogP contribution is 2.02. The van der Waals surface area contributed by atoms with E-state index in [9.17, 15) is 0 Å². The van der Waals surface area contributed by atoms with Crippen LogP contribution in [0.2, 0.25) is 0 Å². The van der Waals surface area contributed by atoms with E-state index in [2.05, 4.69) is 59.0 Å². The Morgan fingerprint density at radius 1 is 1.18 bits per heavy atom. The molecule has 0 aliphatic rings. The van der Waals surface area contributed by atoms with E-state index >= 15 is 0 Å². The van der Waals surface area contributed by atoms with Gasteiger partial charge in [0, 0.05) is 4.43 Å². The zero-order valence-electron chi connectivity index (χ0n) is 6.33. The number of halogens is 1. The van der Waals surface area contributed by atoms with Crippen LogP contribution in [0.3, 0.4) is 0 Å². The molecular formula is C10H11I. The van der Waals surface area contributed by atoms with Gasteiger partial charge in [-0.25, -0.2) is 0 Å². The topological polar surface area (TPSA) is 0 Å². The lowest BCUT2D eigenvalue weighted by atomic mass is 10.2. The van der Waals surface area contributed by atoms with E-state index in [0.29, 0.717) is 0 Å². The normalized spacial score (nSPS) is 10.6. The molecule has 0 saturated carbocycles. The molecule has 0 spiro atoms. The first kappa shape index (κ1) is 8.78. The van der Waals surface area contributed by atoms with Crippen molar-refractivity contribution in [1.29, 1.82) is 0 Å². The van der Waals surface area contributed by atoms with Crippen LogP contribution in [-0.2, 0) is 0 Å². The Kier molecular flexibility index (Phi) is 4.28. The molecule has 58 valence electrons. The molecule has 11 heavy (non-hydrogen) atoms. The van der Waals surface area contributed by atoms with E-state index in [-0.39, 0.29) is 0 Å². The number of rotatable bonds is 3. The van der Waals surface area contributed by atoms with Crippen LogP contribution in [0.4, 0.5) is 0 Å². The van der Waals surface area contributed by atoms with Gasteiger partial charge in [0.2, 0.25) is 0 Å². The summed E-state index contributed by atoms with van der Waals surface area (Å²) in [5.74, 6) is 0. The summed E-state index contributed by atoms with van der Waals surface area (Å²) in [7, 11) is 0. The molecular weight excluding hydrogens is 247 g/mol. The highest BCUT2D eigenvalue weighted by molar-refractivity contribution is 14.1. The van der Waals surface area contributed by atoms with Crippen LogP contribution >= 0.6 is 22.6 Å². The fraction of sp³-hybridized carbons (Fsp3) is 0.200. The first-order chi connectivity index (χ1) is 5.43. The second-order valence-corrected chi connectivity index (χ2v) is 3.37. The third-order valence-electron chi connectivity index (χ3n) is 1.39. The predicted molar refractivity (Wildman–Crippen MR) is 59.0 cm³/mol. The fourth-order valence-electron chi connectivity index (χ4n) is 0.847. The van der Waals surface area contributed by atoms with Gasteiger partial charge < -0.3 is 0 Å². The number of benzene rings is 1. The summed E-state index contributed by atoms with van der Waals surface area (Å²) in [6.45, 7) is 0. The number of alkyl halides is 1. The van der Waals surface area contributed by atoms with Crippen molar-refractivity contribution in [3.63, 3.8) is 0 Å². The van der Waals surface area contributed by atoms with Gasteiger partial charge in [-0.1, -0.05) is 65.1 Å². The van der Waals surface area contributed by atoms with Crippen LogP contribution in [0.25, 0.3) is 6.08 Å². The number of hydrogen-bond donors (Lipinski definition) is 0. The quantitative estimate of drug-likeness (QED) is 0.574. The molecule has 0 atom stereocenters. The van der Waals surface area contributed by atoms with E-state index < -0.39 is 0 Å². The lowest BCUT2D eigenvalue weighted by Crippen LogP contribution is -1.69. The van der Waals surface area contributed by atoms with Crippen LogP contribution in [-0.4, -0.2) is 4.43 Å². The monoisotopic (exact) mass is 258 g/mol. The standard InChI is InChI=1S/C10H11I/c11-9-5-4-8-10-6-2-1-3-7-10/h1-4,6-8H,5,9H2/b8-4+. The maximum Gasteiger partial charge on any atom is 0.00300 e. The van der Waals surface area contributed by atoms with Gasteiger partial charge >= 0.3 is 0 Å². The van der Waals surface area contributed by atoms with Gasteiger partial charge in [-0.05, 0) is 12.0 Å². The first-order valence-corrected chi connectivity index (χ1v) is 5.23. The van der Waals surface area contributed by atoms with Crippen molar-refractivity contribution >= 4 is 28.7 Å². The molecule has 0 heterocycles. The van der Waals surface area contributed by atoms with E-state index in [1.807, 2.05) is 6.07 Å². The zero-order valence-corrected chi connectivity index (χ0v) is 8.49. The Labute approximate surface area is 81.5 Å². The maximum absolute atomic E-state index is 2.38. The molecule has 1 rings (SSSR count). The minimum Gasteiger partial charge on any atom is -0.0860 e. The average Bonchev–Trinajstić information content (AvgIpc) is 2.07. The molecule has 0 aliphatic carbocycles. The third kappa shape index (κ3) is 3.56. The molecule has 0 N–H and O–H groups in total. The minimum atomic E-state index is 1.16. The molecule has 0 saturated heterocycles. The number of hydrogen-bond acceptors (Lipinski definition) is 0. The van der Waals surface area contributed by atoms with E-state index in [1.54, 1.807) is 0 Å². The van der Waals surface area contributed by atoms with Crippen molar-refractivity contribution in [1.82, 2.24) is 0 Å². The van der Waals surface area contributed by atoms with Gasteiger partial charge in [0.1, 0.15) is 0 Å². The molecule has 0 bridgehead atoms. The molecule has 0 fully saturated rings. The van der Waals surface area contributed by atoms with Crippen molar-refractivity contribution in [2.45, 2.75) is 6.42 Å². The molecule has 0 aliphatic heterocycles. The molecule has 1 aromatic rings. The minimum absolute atomic E-state index is 1.16. The van der Waals surface area contributed by atoms with Crippen LogP contribution in [0.1, 0.15) is 12.0 Å². The Hall–Kier alpha value is -0.310. The average molecular weight is 258 g/mol. The Morgan fingerprint density at radius 2 is 1.91 bits per heavy atom. The van der Waals surface area contributed by atoms with Crippen LogP contribution < -0.4 is 0 Å².